The van der Waals surface area contributed by atoms with Crippen LogP contribution in [0.5, 0.6) is 0 Å². The van der Waals surface area contributed by atoms with Crippen LogP contribution in [0.2, 0.25) is 0 Å². The summed E-state index contributed by atoms with van der Waals surface area (Å²) >= 11 is 0. The highest BCUT2D eigenvalue weighted by Crippen LogP contribution is 2.27. The van der Waals surface area contributed by atoms with Crippen LogP contribution in [0.15, 0.2) is 23.2 Å². The summed E-state index contributed by atoms with van der Waals surface area (Å²) < 4.78 is 0. The monoisotopic (exact) mass is 498 g/mol. The number of hydrogen-bond donors (Lipinski definition) is 2. The van der Waals surface area contributed by atoms with Gasteiger partial charge in [-0.25, -0.2) is 0 Å². The number of nitrogens with one attached hydrogen (secondary N) is 2. The molecule has 1 aromatic rings. The molecule has 1 aliphatic carbocycles. The largest absolute Gasteiger partial charge is 0.356 e. The van der Waals surface area contributed by atoms with Crippen molar-refractivity contribution in [2.24, 2.45) is 10.9 Å². The summed E-state index contributed by atoms with van der Waals surface area (Å²) in [5.41, 5.74) is 4.02. The van der Waals surface area contributed by atoms with E-state index in [0.29, 0.717) is 11.9 Å². The summed E-state index contributed by atoms with van der Waals surface area (Å²) in [5.74, 6) is 1.48. The molecule has 1 heterocycles. The quantitative estimate of drug-likeness (QED) is 0.372. The first-order chi connectivity index (χ1) is 13.1. The van der Waals surface area contributed by atoms with E-state index >= 15 is 0 Å². The fraction of sp³-hybridized carbons (Fsp3) is 0.636. The Balaban J connectivity index is 0.00000280. The van der Waals surface area contributed by atoms with Crippen LogP contribution < -0.4 is 10.6 Å². The Morgan fingerprint density at radius 1 is 1.21 bits per heavy atom. The summed E-state index contributed by atoms with van der Waals surface area (Å²) in [6.45, 7) is 6.81. The molecule has 2 N–H and O–H groups in total. The molecular weight excluding hydrogens is 463 g/mol. The second-order valence-electron chi connectivity index (χ2n) is 8.07. The van der Waals surface area contributed by atoms with Gasteiger partial charge in [-0.05, 0) is 50.7 Å². The van der Waals surface area contributed by atoms with Gasteiger partial charge < -0.3 is 15.5 Å². The van der Waals surface area contributed by atoms with Crippen molar-refractivity contribution in [3.8, 4) is 0 Å². The first-order valence-electron chi connectivity index (χ1n) is 10.4. The van der Waals surface area contributed by atoms with Crippen LogP contribution in [0.3, 0.4) is 0 Å². The van der Waals surface area contributed by atoms with E-state index in [4.69, 9.17) is 0 Å². The molecule has 3 rings (SSSR count). The van der Waals surface area contributed by atoms with Gasteiger partial charge in [0.15, 0.2) is 5.96 Å². The lowest BCUT2D eigenvalue weighted by atomic mass is 10.0. The van der Waals surface area contributed by atoms with Gasteiger partial charge in [-0.1, -0.05) is 36.6 Å². The lowest BCUT2D eigenvalue weighted by Gasteiger charge is -2.21. The average Bonchev–Trinajstić information content (AvgIpc) is 3.34. The topological polar surface area (TPSA) is 56.7 Å². The summed E-state index contributed by atoms with van der Waals surface area (Å²) in [6, 6.07) is 6.91. The van der Waals surface area contributed by atoms with E-state index in [-0.39, 0.29) is 29.9 Å². The maximum absolute atomic E-state index is 12.6. The van der Waals surface area contributed by atoms with Gasteiger partial charge in [-0.15, -0.1) is 24.0 Å². The molecule has 2 fully saturated rings. The minimum Gasteiger partial charge on any atom is -0.356 e. The van der Waals surface area contributed by atoms with Crippen molar-refractivity contribution in [1.82, 2.24) is 15.5 Å². The van der Waals surface area contributed by atoms with Crippen LogP contribution in [0.25, 0.3) is 0 Å². The summed E-state index contributed by atoms with van der Waals surface area (Å²) in [6.07, 6.45) is 6.55. The third-order valence-corrected chi connectivity index (χ3v) is 5.95. The molecule has 6 heteroatoms. The number of hydrogen-bond acceptors (Lipinski definition) is 2. The van der Waals surface area contributed by atoms with Crippen LogP contribution in [-0.4, -0.2) is 49.5 Å². The zero-order valence-corrected chi connectivity index (χ0v) is 19.8. The van der Waals surface area contributed by atoms with Gasteiger partial charge in [0, 0.05) is 38.6 Å². The molecule has 0 spiro atoms. The number of likely N-dealkylation sites (tertiary alicyclic amines) is 1. The van der Waals surface area contributed by atoms with Crippen molar-refractivity contribution >= 4 is 35.8 Å². The molecule has 1 aromatic carbocycles. The van der Waals surface area contributed by atoms with Crippen molar-refractivity contribution in [1.29, 1.82) is 0 Å². The molecular formula is C22H35IN4O. The molecule has 1 amide bonds. The van der Waals surface area contributed by atoms with E-state index in [1.165, 1.54) is 29.5 Å². The van der Waals surface area contributed by atoms with Crippen molar-refractivity contribution in [2.75, 3.05) is 26.7 Å². The van der Waals surface area contributed by atoms with Gasteiger partial charge in [0.2, 0.25) is 5.91 Å². The van der Waals surface area contributed by atoms with Gasteiger partial charge >= 0.3 is 0 Å². The Bertz CT molecular complexity index is 685. The lowest BCUT2D eigenvalue weighted by Crippen LogP contribution is -2.45. The van der Waals surface area contributed by atoms with Crippen LogP contribution in [-0.2, 0) is 11.2 Å². The van der Waals surface area contributed by atoms with Gasteiger partial charge in [-0.3, -0.25) is 9.79 Å². The summed E-state index contributed by atoms with van der Waals surface area (Å²) in [7, 11) is 1.81. The Morgan fingerprint density at radius 3 is 2.64 bits per heavy atom. The third kappa shape index (κ3) is 6.09. The Kier molecular flexibility index (Phi) is 9.05. The first-order valence-corrected chi connectivity index (χ1v) is 10.4. The zero-order chi connectivity index (χ0) is 19.2. The number of aliphatic imine (C=N–C) groups is 1. The second-order valence-corrected chi connectivity index (χ2v) is 8.07. The highest BCUT2D eigenvalue weighted by molar-refractivity contribution is 14.0. The molecule has 5 nitrogen and oxygen atoms in total. The molecule has 2 aliphatic rings. The minimum atomic E-state index is 0. The van der Waals surface area contributed by atoms with Crippen molar-refractivity contribution in [3.63, 3.8) is 0 Å². The van der Waals surface area contributed by atoms with Crippen LogP contribution in [0, 0.1) is 19.8 Å². The Labute approximate surface area is 186 Å². The van der Waals surface area contributed by atoms with Crippen molar-refractivity contribution in [2.45, 2.75) is 58.4 Å². The predicted octanol–water partition coefficient (Wildman–Crippen LogP) is 3.42. The number of amides is 1. The average molecular weight is 498 g/mol. The van der Waals surface area contributed by atoms with Gasteiger partial charge in [0.1, 0.15) is 0 Å². The number of carbonyl (C=O) groups is 1. The van der Waals surface area contributed by atoms with Crippen LogP contribution in [0.1, 0.15) is 48.8 Å². The number of nitrogens with zero attached hydrogens (tertiary/aromatic N) is 2. The Morgan fingerprint density at radius 2 is 1.96 bits per heavy atom. The zero-order valence-electron chi connectivity index (χ0n) is 17.5. The highest BCUT2D eigenvalue weighted by atomic mass is 127. The third-order valence-electron chi connectivity index (χ3n) is 5.95. The molecule has 1 unspecified atom stereocenters. The predicted molar refractivity (Wildman–Crippen MR) is 126 cm³/mol. The van der Waals surface area contributed by atoms with Crippen LogP contribution in [0.4, 0.5) is 0 Å². The molecule has 156 valence electrons. The molecule has 28 heavy (non-hydrogen) atoms. The van der Waals surface area contributed by atoms with Crippen LogP contribution >= 0.6 is 24.0 Å². The minimum absolute atomic E-state index is 0. The molecule has 1 saturated heterocycles. The van der Waals surface area contributed by atoms with E-state index in [1.807, 2.05) is 7.05 Å². The number of benzene rings is 1. The molecule has 1 aliphatic heterocycles. The van der Waals surface area contributed by atoms with Gasteiger partial charge in [-0.2, -0.15) is 0 Å². The highest BCUT2D eigenvalue weighted by Gasteiger charge is 2.32. The smallest absolute Gasteiger partial charge is 0.225 e. The van der Waals surface area contributed by atoms with Gasteiger partial charge in [0.25, 0.3) is 0 Å². The Hall–Kier alpha value is -1.31. The fourth-order valence-electron chi connectivity index (χ4n) is 4.34. The number of carbonyl (C=O) groups excluding carboxylic acids is 1. The summed E-state index contributed by atoms with van der Waals surface area (Å²) in [5, 5.41) is 6.92. The van der Waals surface area contributed by atoms with E-state index in [0.717, 1.165) is 51.3 Å². The normalized spacial score (nSPS) is 20.2. The molecule has 0 radical (unpaired) electrons. The van der Waals surface area contributed by atoms with Crippen molar-refractivity contribution in [3.05, 3.63) is 34.9 Å². The standard InChI is InChI=1S/C22H34N4O.HI/c1-16-8-9-18(17(2)14-16)10-12-24-22(23-3)25-20-11-13-26(15-20)21(27)19-6-4-5-7-19;/h8-9,14,19-20H,4-7,10-13,15H2,1-3H3,(H2,23,24,25);1H. The fourth-order valence-corrected chi connectivity index (χ4v) is 4.34. The maximum atomic E-state index is 12.6. The van der Waals surface area contributed by atoms with E-state index in [2.05, 4.69) is 52.6 Å². The lowest BCUT2D eigenvalue weighted by molar-refractivity contribution is -0.134. The summed E-state index contributed by atoms with van der Waals surface area (Å²) in [4.78, 5) is 19.0. The molecule has 1 saturated carbocycles. The first kappa shape index (κ1) is 23.0. The van der Waals surface area contributed by atoms with Crippen molar-refractivity contribution < 1.29 is 4.79 Å². The van der Waals surface area contributed by atoms with E-state index < -0.39 is 0 Å². The van der Waals surface area contributed by atoms with E-state index in [1.54, 1.807) is 0 Å². The molecule has 0 aromatic heterocycles. The number of rotatable bonds is 5. The number of aryl methyl sites for hydroxylation is 2. The second kappa shape index (κ2) is 11.0. The molecule has 1 atom stereocenters. The number of halogens is 1. The van der Waals surface area contributed by atoms with E-state index in [9.17, 15) is 4.79 Å². The maximum Gasteiger partial charge on any atom is 0.225 e. The molecule has 0 bridgehead atoms. The number of guanidine groups is 1. The van der Waals surface area contributed by atoms with Gasteiger partial charge in [0.05, 0.1) is 0 Å². The SMILES string of the molecule is CN=C(NCCc1ccc(C)cc1C)NC1CCN(C(=O)C2CCCC2)C1.I.